The molecule has 1 aliphatic carbocycles. The first-order valence-electron chi connectivity index (χ1n) is 8.39. The molecule has 0 radical (unpaired) electrons. The van der Waals surface area contributed by atoms with Gasteiger partial charge in [0.25, 0.3) is 0 Å². The van der Waals surface area contributed by atoms with Crippen molar-refractivity contribution < 1.29 is 5.11 Å². The Hall–Kier alpha value is -1.79. The van der Waals surface area contributed by atoms with Crippen LogP contribution in [0.15, 0.2) is 35.6 Å². The van der Waals surface area contributed by atoms with Gasteiger partial charge in [0.15, 0.2) is 11.0 Å². The van der Waals surface area contributed by atoms with E-state index in [1.54, 1.807) is 11.8 Å². The van der Waals surface area contributed by atoms with E-state index in [4.69, 9.17) is 0 Å². The lowest BCUT2D eigenvalue weighted by molar-refractivity contribution is 0.0777. The Morgan fingerprint density at radius 1 is 1.29 bits per heavy atom. The monoisotopic (exact) mass is 342 g/mol. The highest BCUT2D eigenvalue weighted by atomic mass is 32.2. The smallest absolute Gasteiger partial charge is 0.191 e. The predicted molar refractivity (Wildman–Crippen MR) is 97.2 cm³/mol. The van der Waals surface area contributed by atoms with E-state index < -0.39 is 5.60 Å². The van der Waals surface area contributed by atoms with Crippen molar-refractivity contribution in [3.8, 4) is 11.4 Å². The molecule has 0 atom stereocenters. The molecule has 0 saturated heterocycles. The second-order valence-corrected chi connectivity index (χ2v) is 8.13. The number of aromatic amines is 1. The highest BCUT2D eigenvalue weighted by Crippen LogP contribution is 2.42. The minimum atomic E-state index is -0.642. The largest absolute Gasteiger partial charge is 0.390 e. The van der Waals surface area contributed by atoms with Crippen molar-refractivity contribution in [1.29, 1.82) is 0 Å². The lowest BCUT2D eigenvalue weighted by Crippen LogP contribution is -2.19. The van der Waals surface area contributed by atoms with Gasteiger partial charge in [-0.25, -0.2) is 0 Å². The summed E-state index contributed by atoms with van der Waals surface area (Å²) in [6.07, 6.45) is 5.13. The summed E-state index contributed by atoms with van der Waals surface area (Å²) in [5.41, 5.74) is 1.59. The first-order valence-corrected chi connectivity index (χ1v) is 9.38. The van der Waals surface area contributed by atoms with Crippen LogP contribution >= 0.6 is 11.8 Å². The number of para-hydroxylation sites is 1. The second-order valence-electron chi connectivity index (χ2n) is 7.07. The molecule has 126 valence electrons. The minimum Gasteiger partial charge on any atom is -0.390 e. The molecule has 4 rings (SSSR count). The standard InChI is InChI=1S/C18H22N4OS/c1-18(2,23)9-10-24-17-21-20-16(22(17)12-7-8-12)14-11-19-15-6-4-3-5-13(14)15/h3-6,11-12,19,23H,7-10H2,1-2H3. The second kappa shape index (κ2) is 5.93. The summed E-state index contributed by atoms with van der Waals surface area (Å²) in [6, 6.07) is 8.79. The van der Waals surface area contributed by atoms with Crippen LogP contribution in [0, 0.1) is 0 Å². The maximum absolute atomic E-state index is 9.90. The summed E-state index contributed by atoms with van der Waals surface area (Å²) in [7, 11) is 0. The van der Waals surface area contributed by atoms with Crippen LogP contribution in [0.25, 0.3) is 22.3 Å². The Bertz CT molecular complexity index is 857. The van der Waals surface area contributed by atoms with Crippen LogP contribution in [0.3, 0.4) is 0 Å². The van der Waals surface area contributed by atoms with Gasteiger partial charge >= 0.3 is 0 Å². The summed E-state index contributed by atoms with van der Waals surface area (Å²) in [6.45, 7) is 3.69. The fourth-order valence-electron chi connectivity index (χ4n) is 2.87. The molecule has 2 N–H and O–H groups in total. The number of nitrogens with one attached hydrogen (secondary N) is 1. The Labute approximate surface area is 145 Å². The Balaban J connectivity index is 1.67. The van der Waals surface area contributed by atoms with Gasteiger partial charge in [-0.15, -0.1) is 10.2 Å². The zero-order chi connectivity index (χ0) is 16.7. The fraction of sp³-hybridized carbons (Fsp3) is 0.444. The SMILES string of the molecule is CC(C)(O)CCSc1nnc(-c2c[nH]c3ccccc23)n1C1CC1. The Morgan fingerprint density at radius 2 is 2.08 bits per heavy atom. The minimum absolute atomic E-state index is 0.508. The van der Waals surface area contributed by atoms with Crippen molar-refractivity contribution in [2.45, 2.75) is 49.9 Å². The number of fused-ring (bicyclic) bond motifs is 1. The van der Waals surface area contributed by atoms with Crippen LogP contribution in [-0.4, -0.2) is 36.2 Å². The summed E-state index contributed by atoms with van der Waals surface area (Å²) in [4.78, 5) is 3.32. The molecule has 0 amide bonds. The van der Waals surface area contributed by atoms with Crippen molar-refractivity contribution in [2.24, 2.45) is 0 Å². The topological polar surface area (TPSA) is 66.7 Å². The third kappa shape index (κ3) is 3.08. The molecule has 0 bridgehead atoms. The molecule has 1 aromatic carbocycles. The van der Waals surface area contributed by atoms with E-state index in [1.807, 2.05) is 26.1 Å². The zero-order valence-corrected chi connectivity index (χ0v) is 14.8. The number of aromatic nitrogens is 4. The van der Waals surface area contributed by atoms with E-state index in [0.717, 1.165) is 34.2 Å². The van der Waals surface area contributed by atoms with Gasteiger partial charge in [-0.1, -0.05) is 30.0 Å². The van der Waals surface area contributed by atoms with Gasteiger partial charge in [0.05, 0.1) is 5.60 Å². The molecule has 1 saturated carbocycles. The number of H-pyrrole nitrogens is 1. The molecule has 1 fully saturated rings. The van der Waals surface area contributed by atoms with Crippen LogP contribution < -0.4 is 0 Å². The van der Waals surface area contributed by atoms with E-state index >= 15 is 0 Å². The number of rotatable bonds is 6. The van der Waals surface area contributed by atoms with Gasteiger partial charge in [0, 0.05) is 34.5 Å². The summed E-state index contributed by atoms with van der Waals surface area (Å²) >= 11 is 1.68. The summed E-state index contributed by atoms with van der Waals surface area (Å²) in [5.74, 6) is 1.78. The number of thioether (sulfide) groups is 1. The molecule has 5 nitrogen and oxygen atoms in total. The van der Waals surface area contributed by atoms with E-state index in [1.165, 1.54) is 18.2 Å². The van der Waals surface area contributed by atoms with Crippen LogP contribution in [0.5, 0.6) is 0 Å². The molecule has 2 aromatic heterocycles. The third-order valence-electron chi connectivity index (χ3n) is 4.35. The van der Waals surface area contributed by atoms with Crippen molar-refractivity contribution in [3.63, 3.8) is 0 Å². The molecule has 1 aliphatic rings. The number of hydrogen-bond acceptors (Lipinski definition) is 4. The third-order valence-corrected chi connectivity index (χ3v) is 5.30. The van der Waals surface area contributed by atoms with E-state index in [2.05, 4.69) is 37.9 Å². The number of aliphatic hydroxyl groups is 1. The first-order chi connectivity index (χ1) is 11.5. The molecular weight excluding hydrogens is 320 g/mol. The number of hydrogen-bond donors (Lipinski definition) is 2. The summed E-state index contributed by atoms with van der Waals surface area (Å²) in [5, 5.41) is 21.0. The lowest BCUT2D eigenvalue weighted by atomic mass is 10.1. The number of nitrogens with zero attached hydrogens (tertiary/aromatic N) is 3. The van der Waals surface area contributed by atoms with Crippen molar-refractivity contribution in [2.75, 3.05) is 5.75 Å². The molecule has 0 spiro atoms. The Kier molecular flexibility index (Phi) is 3.89. The summed E-state index contributed by atoms with van der Waals surface area (Å²) < 4.78 is 2.28. The maximum atomic E-state index is 9.90. The van der Waals surface area contributed by atoms with E-state index in [0.29, 0.717) is 6.04 Å². The molecule has 24 heavy (non-hydrogen) atoms. The van der Waals surface area contributed by atoms with Crippen LogP contribution in [0.2, 0.25) is 0 Å². The van der Waals surface area contributed by atoms with Crippen LogP contribution in [0.4, 0.5) is 0 Å². The highest BCUT2D eigenvalue weighted by Gasteiger charge is 2.31. The molecule has 0 aliphatic heterocycles. The van der Waals surface area contributed by atoms with Crippen molar-refractivity contribution >= 4 is 22.7 Å². The Morgan fingerprint density at radius 3 is 2.83 bits per heavy atom. The molecule has 6 heteroatoms. The average molecular weight is 342 g/mol. The molecule has 0 unspecified atom stereocenters. The van der Waals surface area contributed by atoms with Crippen LogP contribution in [-0.2, 0) is 0 Å². The lowest BCUT2D eigenvalue weighted by Gasteiger charge is -2.16. The first kappa shape index (κ1) is 15.7. The van der Waals surface area contributed by atoms with Gasteiger partial charge in [-0.05, 0) is 39.2 Å². The van der Waals surface area contributed by atoms with E-state index in [-0.39, 0.29) is 0 Å². The molecule has 2 heterocycles. The van der Waals surface area contributed by atoms with Gasteiger partial charge in [0.2, 0.25) is 0 Å². The van der Waals surface area contributed by atoms with Gasteiger partial charge < -0.3 is 10.1 Å². The predicted octanol–water partition coefficient (Wildman–Crippen LogP) is 4.01. The van der Waals surface area contributed by atoms with Crippen LogP contribution in [0.1, 0.15) is 39.2 Å². The zero-order valence-electron chi connectivity index (χ0n) is 14.0. The number of benzene rings is 1. The van der Waals surface area contributed by atoms with Gasteiger partial charge in [-0.3, -0.25) is 4.57 Å². The van der Waals surface area contributed by atoms with Crippen molar-refractivity contribution in [1.82, 2.24) is 19.7 Å². The molecule has 3 aromatic rings. The quantitative estimate of drug-likeness (QED) is 0.664. The average Bonchev–Trinajstić information content (AvgIpc) is 3.15. The van der Waals surface area contributed by atoms with Gasteiger partial charge in [-0.2, -0.15) is 0 Å². The van der Waals surface area contributed by atoms with Crippen molar-refractivity contribution in [3.05, 3.63) is 30.5 Å². The molecular formula is C18H22N4OS. The maximum Gasteiger partial charge on any atom is 0.191 e. The van der Waals surface area contributed by atoms with Gasteiger partial charge in [0.1, 0.15) is 0 Å². The normalized spacial score (nSPS) is 15.3. The highest BCUT2D eigenvalue weighted by molar-refractivity contribution is 7.99. The van der Waals surface area contributed by atoms with E-state index in [9.17, 15) is 5.11 Å². The fourth-order valence-corrected chi connectivity index (χ4v) is 4.13.